The number of hydrogen-bond acceptors (Lipinski definition) is 6. The van der Waals surface area contributed by atoms with Crippen molar-refractivity contribution in [3.05, 3.63) is 78.4 Å². The van der Waals surface area contributed by atoms with Crippen molar-refractivity contribution >= 4 is 22.8 Å². The van der Waals surface area contributed by atoms with Crippen LogP contribution >= 0.6 is 0 Å². The molecule has 0 spiro atoms. The van der Waals surface area contributed by atoms with Crippen molar-refractivity contribution in [2.45, 2.75) is 0 Å². The van der Waals surface area contributed by atoms with Gasteiger partial charge in [-0.3, -0.25) is 9.48 Å². The van der Waals surface area contributed by atoms with E-state index in [2.05, 4.69) is 49.8 Å². The zero-order valence-electron chi connectivity index (χ0n) is 21.4. The van der Waals surface area contributed by atoms with Crippen LogP contribution in [0.15, 0.2) is 61.7 Å². The second-order valence-corrected chi connectivity index (χ2v) is 8.91. The van der Waals surface area contributed by atoms with Crippen LogP contribution in [0.25, 0.3) is 16.6 Å². The highest BCUT2D eigenvalue weighted by molar-refractivity contribution is 6.01. The number of anilines is 2. The molecule has 9 nitrogen and oxygen atoms in total. The summed E-state index contributed by atoms with van der Waals surface area (Å²) in [7, 11) is 7.87. The van der Waals surface area contributed by atoms with E-state index >= 15 is 0 Å². The maximum atomic E-state index is 12.0. The molecule has 1 N–H and O–H groups in total. The fourth-order valence-electron chi connectivity index (χ4n) is 3.85. The topological polar surface area (TPSA) is 94.5 Å². The number of carbonyl (C=O) groups excluding carboxylic acids is 1. The highest BCUT2D eigenvalue weighted by Crippen LogP contribution is 2.27. The molecule has 37 heavy (non-hydrogen) atoms. The smallest absolute Gasteiger partial charge is 0.247 e. The second kappa shape index (κ2) is 10.8. The molecule has 1 amide bonds. The van der Waals surface area contributed by atoms with Crippen molar-refractivity contribution in [1.82, 2.24) is 24.3 Å². The monoisotopic (exact) mass is 492 g/mol. The largest absolute Gasteiger partial charge is 0.372 e. The predicted molar refractivity (Wildman–Crippen MR) is 145 cm³/mol. The zero-order chi connectivity index (χ0) is 26.5. The Labute approximate surface area is 216 Å². The third-order valence-corrected chi connectivity index (χ3v) is 5.85. The lowest BCUT2D eigenvalue weighted by atomic mass is 10.1. The van der Waals surface area contributed by atoms with Gasteiger partial charge >= 0.3 is 0 Å². The number of fused-ring (bicyclic) bond motifs is 1. The summed E-state index contributed by atoms with van der Waals surface area (Å²) in [5.41, 5.74) is 5.90. The van der Waals surface area contributed by atoms with Crippen molar-refractivity contribution in [2.75, 3.05) is 44.4 Å². The van der Waals surface area contributed by atoms with Crippen LogP contribution in [0.5, 0.6) is 0 Å². The summed E-state index contributed by atoms with van der Waals surface area (Å²) in [6, 6.07) is 9.80. The molecule has 4 rings (SSSR count). The van der Waals surface area contributed by atoms with Crippen LogP contribution in [0.2, 0.25) is 0 Å². The van der Waals surface area contributed by atoms with Crippen LogP contribution in [0, 0.1) is 23.2 Å². The molecule has 0 saturated heterocycles. The lowest BCUT2D eigenvalue weighted by Gasteiger charge is -2.24. The quantitative estimate of drug-likeness (QED) is 0.315. The predicted octanol–water partition coefficient (Wildman–Crippen LogP) is 3.13. The Bertz CT molecular complexity index is 1580. The third-order valence-electron chi connectivity index (χ3n) is 5.85. The van der Waals surface area contributed by atoms with Crippen molar-refractivity contribution in [2.24, 2.45) is 7.05 Å². The van der Waals surface area contributed by atoms with Gasteiger partial charge in [-0.15, -0.1) is 0 Å². The highest BCUT2D eigenvalue weighted by Gasteiger charge is 2.13. The Balaban J connectivity index is 1.78. The normalized spacial score (nSPS) is 10.6. The number of rotatable bonds is 7. The van der Waals surface area contributed by atoms with Gasteiger partial charge in [-0.1, -0.05) is 18.4 Å². The number of pyridine rings is 1. The summed E-state index contributed by atoms with van der Waals surface area (Å²) in [4.78, 5) is 16.2. The van der Waals surface area contributed by atoms with E-state index in [1.807, 2.05) is 64.8 Å². The summed E-state index contributed by atoms with van der Waals surface area (Å²) in [6.45, 7) is 5.15. The molecule has 0 atom stereocenters. The molecular weight excluding hydrogens is 464 g/mol. The Hall–Kier alpha value is -4.86. The van der Waals surface area contributed by atoms with E-state index in [0.717, 1.165) is 35.5 Å². The first-order valence-electron chi connectivity index (χ1n) is 11.6. The Kier molecular flexibility index (Phi) is 7.38. The van der Waals surface area contributed by atoms with Crippen LogP contribution in [-0.2, 0) is 11.8 Å². The fourth-order valence-corrected chi connectivity index (χ4v) is 3.85. The average molecular weight is 493 g/mol. The molecule has 0 bridgehead atoms. The molecule has 3 aromatic heterocycles. The van der Waals surface area contributed by atoms with Crippen LogP contribution < -0.4 is 10.2 Å². The van der Waals surface area contributed by atoms with Crippen LogP contribution in [-0.4, -0.2) is 64.4 Å². The number of nitrogens with zero attached hydrogens (tertiary/aromatic N) is 7. The number of amides is 1. The second-order valence-electron chi connectivity index (χ2n) is 8.91. The molecular formula is C28H28N8O. The minimum Gasteiger partial charge on any atom is -0.372 e. The van der Waals surface area contributed by atoms with E-state index in [-0.39, 0.29) is 5.91 Å². The lowest BCUT2D eigenvalue weighted by Crippen LogP contribution is -2.29. The Morgan fingerprint density at radius 1 is 1.08 bits per heavy atom. The number of aryl methyl sites for hydroxylation is 1. The number of carbonyl (C=O) groups is 1. The summed E-state index contributed by atoms with van der Waals surface area (Å²) in [6.07, 6.45) is 8.35. The maximum absolute atomic E-state index is 12.0. The summed E-state index contributed by atoms with van der Waals surface area (Å²) in [5.74, 6) is 6.21. The standard InChI is InChI=1S/C28H28N8O/c1-6-27(37)32-25-10-8-20(13-26(25)34(4)12-11-33(2)3)7-9-21-14-22(24-17-30-35(5)18-24)19-36-28(21)23(15-29)16-31-36/h6,8,10,13-14,16-19H,1,11-12H2,2-5H3,(H,32,37). The minimum absolute atomic E-state index is 0.277. The molecule has 0 fully saturated rings. The van der Waals surface area contributed by atoms with Gasteiger partial charge in [0.25, 0.3) is 0 Å². The Morgan fingerprint density at radius 2 is 1.89 bits per heavy atom. The molecule has 0 saturated carbocycles. The van der Waals surface area contributed by atoms with Crippen LogP contribution in [0.4, 0.5) is 11.4 Å². The summed E-state index contributed by atoms with van der Waals surface area (Å²) < 4.78 is 3.41. The number of hydrogen-bond donors (Lipinski definition) is 1. The number of likely N-dealkylation sites (N-methyl/N-ethyl adjacent to an activating group) is 2. The first kappa shape index (κ1) is 25.2. The molecule has 9 heteroatoms. The number of aromatic nitrogens is 4. The van der Waals surface area contributed by atoms with Gasteiger partial charge in [0.15, 0.2) is 0 Å². The van der Waals surface area contributed by atoms with Gasteiger partial charge in [0.05, 0.1) is 40.4 Å². The molecule has 0 unspecified atom stereocenters. The molecule has 0 aliphatic carbocycles. The van der Waals surface area contributed by atoms with E-state index in [1.165, 1.54) is 6.08 Å². The summed E-state index contributed by atoms with van der Waals surface area (Å²) in [5, 5.41) is 21.1. The molecule has 4 aromatic rings. The van der Waals surface area contributed by atoms with Crippen molar-refractivity contribution in [3.8, 4) is 29.0 Å². The van der Waals surface area contributed by atoms with Gasteiger partial charge in [0.1, 0.15) is 6.07 Å². The van der Waals surface area contributed by atoms with E-state index in [0.29, 0.717) is 22.3 Å². The molecule has 1 aromatic carbocycles. The van der Waals surface area contributed by atoms with Gasteiger partial charge in [-0.05, 0) is 44.4 Å². The maximum Gasteiger partial charge on any atom is 0.247 e. The molecule has 0 aliphatic rings. The average Bonchev–Trinajstić information content (AvgIpc) is 3.52. The van der Waals surface area contributed by atoms with E-state index < -0.39 is 0 Å². The van der Waals surface area contributed by atoms with Crippen LogP contribution in [0.3, 0.4) is 0 Å². The first-order valence-corrected chi connectivity index (χ1v) is 11.6. The minimum atomic E-state index is -0.277. The zero-order valence-corrected chi connectivity index (χ0v) is 21.4. The lowest BCUT2D eigenvalue weighted by molar-refractivity contribution is -0.111. The number of benzene rings is 1. The molecule has 0 aliphatic heterocycles. The molecule has 0 radical (unpaired) electrons. The van der Waals surface area contributed by atoms with Gasteiger partial charge in [0.2, 0.25) is 5.91 Å². The third kappa shape index (κ3) is 5.69. The van der Waals surface area contributed by atoms with E-state index in [1.54, 1.807) is 21.6 Å². The highest BCUT2D eigenvalue weighted by atomic mass is 16.1. The van der Waals surface area contributed by atoms with E-state index in [4.69, 9.17) is 0 Å². The van der Waals surface area contributed by atoms with Crippen molar-refractivity contribution in [1.29, 1.82) is 5.26 Å². The number of nitriles is 1. The van der Waals surface area contributed by atoms with Crippen molar-refractivity contribution in [3.63, 3.8) is 0 Å². The first-order chi connectivity index (χ1) is 17.8. The molecule has 186 valence electrons. The van der Waals surface area contributed by atoms with Gasteiger partial charge in [-0.2, -0.15) is 15.5 Å². The number of nitrogens with one attached hydrogen (secondary N) is 1. The molecule has 3 heterocycles. The van der Waals surface area contributed by atoms with Gasteiger partial charge in [-0.25, -0.2) is 4.52 Å². The Morgan fingerprint density at radius 3 is 2.57 bits per heavy atom. The summed E-state index contributed by atoms with van der Waals surface area (Å²) >= 11 is 0. The fraction of sp³-hybridized carbons (Fsp3) is 0.214. The SMILES string of the molecule is C=CC(=O)Nc1ccc(C#Cc2cc(-c3cnn(C)c3)cn3ncc(C#N)c23)cc1N(C)CCN(C)C. The van der Waals surface area contributed by atoms with E-state index in [9.17, 15) is 10.1 Å². The van der Waals surface area contributed by atoms with Gasteiger partial charge in [0, 0.05) is 56.3 Å². The van der Waals surface area contributed by atoms with Crippen LogP contribution in [0.1, 0.15) is 16.7 Å². The van der Waals surface area contributed by atoms with Gasteiger partial charge < -0.3 is 15.1 Å². The van der Waals surface area contributed by atoms with Crippen molar-refractivity contribution < 1.29 is 4.79 Å².